The molecule has 0 fully saturated rings. The maximum Gasteiger partial charge on any atom is 0.573 e. The van der Waals surface area contributed by atoms with Gasteiger partial charge in [0.15, 0.2) is 0 Å². The Morgan fingerprint density at radius 3 is 1.92 bits per heavy atom. The average molecular weight is 180 g/mol. The predicted molar refractivity (Wildman–Crippen MR) is 40.3 cm³/mol. The summed E-state index contributed by atoms with van der Waals surface area (Å²) in [7, 11) is 0. The highest BCUT2D eigenvalue weighted by Gasteiger charge is 2.32. The lowest BCUT2D eigenvalue weighted by Crippen LogP contribution is -2.13. The first-order valence-electron chi connectivity index (χ1n) is 3.46. The van der Waals surface area contributed by atoms with Gasteiger partial charge in [-0.25, -0.2) is 0 Å². The Balaban J connectivity index is 4.43. The van der Waals surface area contributed by atoms with Crippen molar-refractivity contribution in [1.82, 2.24) is 0 Å². The van der Waals surface area contributed by atoms with E-state index in [0.717, 1.165) is 0 Å². The van der Waals surface area contributed by atoms with Crippen molar-refractivity contribution in [3.63, 3.8) is 0 Å². The third-order valence-electron chi connectivity index (χ3n) is 1.31. The van der Waals surface area contributed by atoms with E-state index in [1.54, 1.807) is 19.9 Å². The second-order valence-electron chi connectivity index (χ2n) is 2.17. The SMILES string of the molecule is C/C=C(C)\C(=C/C)OC(F)(F)F. The molecule has 0 heterocycles. The van der Waals surface area contributed by atoms with Crippen LogP contribution in [0.2, 0.25) is 0 Å². The topological polar surface area (TPSA) is 9.23 Å². The molecule has 12 heavy (non-hydrogen) atoms. The monoisotopic (exact) mass is 180 g/mol. The van der Waals surface area contributed by atoms with Gasteiger partial charge >= 0.3 is 6.36 Å². The van der Waals surface area contributed by atoms with Crippen LogP contribution in [-0.2, 0) is 4.74 Å². The first-order chi connectivity index (χ1) is 5.40. The molecule has 0 bridgehead atoms. The lowest BCUT2D eigenvalue weighted by Gasteiger charge is -2.12. The van der Waals surface area contributed by atoms with Crippen LogP contribution in [0.5, 0.6) is 0 Å². The smallest absolute Gasteiger partial charge is 0.406 e. The van der Waals surface area contributed by atoms with E-state index in [4.69, 9.17) is 0 Å². The Morgan fingerprint density at radius 2 is 1.67 bits per heavy atom. The Hall–Kier alpha value is -0.930. The van der Waals surface area contributed by atoms with Crippen molar-refractivity contribution in [2.24, 2.45) is 0 Å². The van der Waals surface area contributed by atoms with Crippen LogP contribution in [0.4, 0.5) is 13.2 Å². The molecule has 0 aliphatic carbocycles. The summed E-state index contributed by atoms with van der Waals surface area (Å²) in [6, 6.07) is 0. The number of alkyl halides is 3. The van der Waals surface area contributed by atoms with E-state index in [2.05, 4.69) is 4.74 Å². The standard InChI is InChI=1S/C8H11F3O/c1-4-6(3)7(5-2)12-8(9,10)11/h4-5H,1-3H3/b6-4-,7-5+. The average Bonchev–Trinajstić information content (AvgIpc) is 1.97. The molecule has 0 aliphatic heterocycles. The lowest BCUT2D eigenvalue weighted by atomic mass is 10.2. The van der Waals surface area contributed by atoms with Gasteiger partial charge in [-0.1, -0.05) is 6.08 Å². The molecule has 0 aromatic heterocycles. The van der Waals surface area contributed by atoms with Gasteiger partial charge in [-0.2, -0.15) is 0 Å². The summed E-state index contributed by atoms with van der Waals surface area (Å²) in [5, 5.41) is 0. The molecule has 0 aliphatic rings. The maximum atomic E-state index is 11.7. The minimum atomic E-state index is -4.61. The molecular weight excluding hydrogens is 169 g/mol. The summed E-state index contributed by atoms with van der Waals surface area (Å²) in [5.41, 5.74) is 0.467. The number of halogens is 3. The Bertz CT molecular complexity index is 201. The summed E-state index contributed by atoms with van der Waals surface area (Å²) in [4.78, 5) is 0. The van der Waals surface area contributed by atoms with E-state index in [0.29, 0.717) is 5.57 Å². The normalized spacial score (nSPS) is 14.8. The Morgan fingerprint density at radius 1 is 1.17 bits per heavy atom. The van der Waals surface area contributed by atoms with Crippen LogP contribution in [0.1, 0.15) is 20.8 Å². The minimum Gasteiger partial charge on any atom is -0.406 e. The van der Waals surface area contributed by atoms with Gasteiger partial charge in [0.05, 0.1) is 0 Å². The van der Waals surface area contributed by atoms with Gasteiger partial charge in [0.25, 0.3) is 0 Å². The fourth-order valence-electron chi connectivity index (χ4n) is 0.634. The molecule has 0 aromatic rings. The van der Waals surface area contributed by atoms with Crippen LogP contribution in [0, 0.1) is 0 Å². The van der Waals surface area contributed by atoms with Gasteiger partial charge in [-0.15, -0.1) is 13.2 Å². The van der Waals surface area contributed by atoms with E-state index in [1.165, 1.54) is 13.0 Å². The van der Waals surface area contributed by atoms with E-state index < -0.39 is 6.36 Å². The third-order valence-corrected chi connectivity index (χ3v) is 1.31. The first kappa shape index (κ1) is 11.1. The molecule has 0 aromatic carbocycles. The quantitative estimate of drug-likeness (QED) is 0.467. The van der Waals surface area contributed by atoms with Crippen molar-refractivity contribution < 1.29 is 17.9 Å². The summed E-state index contributed by atoms with van der Waals surface area (Å²) in [5.74, 6) is -0.148. The van der Waals surface area contributed by atoms with Crippen LogP contribution in [-0.4, -0.2) is 6.36 Å². The van der Waals surface area contributed by atoms with Crippen molar-refractivity contribution in [1.29, 1.82) is 0 Å². The highest BCUT2D eigenvalue weighted by atomic mass is 19.4. The molecule has 4 heteroatoms. The maximum absolute atomic E-state index is 11.7. The fraction of sp³-hybridized carbons (Fsp3) is 0.500. The molecule has 70 valence electrons. The molecule has 0 radical (unpaired) electrons. The molecule has 0 spiro atoms. The molecular formula is C8H11F3O. The number of allylic oxidation sites excluding steroid dienone is 3. The molecule has 0 saturated carbocycles. The van der Waals surface area contributed by atoms with Crippen molar-refractivity contribution in [2.75, 3.05) is 0 Å². The van der Waals surface area contributed by atoms with Crippen LogP contribution in [0.15, 0.2) is 23.5 Å². The van der Waals surface area contributed by atoms with E-state index in [1.807, 2.05) is 0 Å². The second-order valence-corrected chi connectivity index (χ2v) is 2.17. The summed E-state index contributed by atoms with van der Waals surface area (Å²) >= 11 is 0. The molecule has 0 rings (SSSR count). The van der Waals surface area contributed by atoms with Crippen molar-refractivity contribution in [3.05, 3.63) is 23.5 Å². The zero-order valence-electron chi connectivity index (χ0n) is 7.20. The van der Waals surface area contributed by atoms with E-state index in [9.17, 15) is 13.2 Å². The van der Waals surface area contributed by atoms with Gasteiger partial charge < -0.3 is 4.74 Å². The third kappa shape index (κ3) is 4.05. The second kappa shape index (κ2) is 4.18. The Labute approximate surface area is 69.5 Å². The summed E-state index contributed by atoms with van der Waals surface area (Å²) < 4.78 is 38.8. The van der Waals surface area contributed by atoms with Crippen LogP contribution in [0.25, 0.3) is 0 Å². The number of hydrogen-bond donors (Lipinski definition) is 0. The zero-order valence-corrected chi connectivity index (χ0v) is 7.20. The minimum absolute atomic E-state index is 0.148. The van der Waals surface area contributed by atoms with Crippen molar-refractivity contribution in [2.45, 2.75) is 27.1 Å². The van der Waals surface area contributed by atoms with Gasteiger partial charge in [-0.05, 0) is 32.4 Å². The van der Waals surface area contributed by atoms with E-state index in [-0.39, 0.29) is 5.76 Å². The van der Waals surface area contributed by atoms with Crippen molar-refractivity contribution >= 4 is 0 Å². The van der Waals surface area contributed by atoms with Crippen molar-refractivity contribution in [3.8, 4) is 0 Å². The number of rotatable bonds is 2. The van der Waals surface area contributed by atoms with Gasteiger partial charge in [-0.3, -0.25) is 0 Å². The summed E-state index contributed by atoms with van der Waals surface area (Å²) in [6.45, 7) is 4.70. The van der Waals surface area contributed by atoms with Crippen LogP contribution < -0.4 is 0 Å². The largest absolute Gasteiger partial charge is 0.573 e. The highest BCUT2D eigenvalue weighted by molar-refractivity contribution is 5.22. The van der Waals surface area contributed by atoms with Gasteiger partial charge in [0.2, 0.25) is 0 Å². The molecule has 0 N–H and O–H groups in total. The number of hydrogen-bond acceptors (Lipinski definition) is 1. The highest BCUT2D eigenvalue weighted by Crippen LogP contribution is 2.24. The predicted octanol–water partition coefficient (Wildman–Crippen LogP) is 3.39. The molecule has 0 unspecified atom stereocenters. The molecule has 0 saturated heterocycles. The van der Waals surface area contributed by atoms with E-state index >= 15 is 0 Å². The zero-order chi connectivity index (χ0) is 9.78. The molecule has 1 nitrogen and oxygen atoms in total. The van der Waals surface area contributed by atoms with Crippen LogP contribution in [0.3, 0.4) is 0 Å². The van der Waals surface area contributed by atoms with Gasteiger partial charge in [0, 0.05) is 0 Å². The fourth-order valence-corrected chi connectivity index (χ4v) is 0.634. The lowest BCUT2D eigenvalue weighted by molar-refractivity contribution is -0.304. The van der Waals surface area contributed by atoms with Crippen LogP contribution >= 0.6 is 0 Å². The van der Waals surface area contributed by atoms with Gasteiger partial charge in [0.1, 0.15) is 5.76 Å². The Kier molecular flexibility index (Phi) is 3.86. The molecule has 0 atom stereocenters. The number of ether oxygens (including phenoxy) is 1. The molecule has 0 amide bonds. The first-order valence-corrected chi connectivity index (χ1v) is 3.46. The summed E-state index contributed by atoms with van der Waals surface area (Å²) in [6.07, 6.45) is -1.77.